The van der Waals surface area contributed by atoms with Crippen LogP contribution in [0, 0.1) is 5.82 Å². The predicted molar refractivity (Wildman–Crippen MR) is 111 cm³/mol. The lowest BCUT2D eigenvalue weighted by molar-refractivity contribution is 0.0548. The number of benzene rings is 2. The number of rotatable bonds is 3. The second-order valence-corrected chi connectivity index (χ2v) is 8.16. The van der Waals surface area contributed by atoms with Gasteiger partial charge in [-0.15, -0.1) is 0 Å². The Hall–Kier alpha value is -3.09. The Labute approximate surface area is 175 Å². The summed E-state index contributed by atoms with van der Waals surface area (Å²) in [5.74, 6) is -0.305. The average molecular weight is 411 g/mol. The van der Waals surface area contributed by atoms with Gasteiger partial charge in [-0.3, -0.25) is 0 Å². The number of hydrogen-bond acceptors (Lipinski definition) is 2. The van der Waals surface area contributed by atoms with Crippen molar-refractivity contribution in [2.24, 2.45) is 0 Å². The van der Waals surface area contributed by atoms with Crippen LogP contribution < -0.4 is 0 Å². The van der Waals surface area contributed by atoms with Crippen molar-refractivity contribution in [2.75, 3.05) is 20.6 Å². The smallest absolute Gasteiger partial charge is 0.407 e. The first kappa shape index (κ1) is 20.2. The SMILES string of the molecule is CN(C(=O)O)C1CC(N(C)C(=O)N2CCc3ccccc3[C@@H]2c2ccc(F)cc2)C1. The molecule has 1 aliphatic heterocycles. The lowest BCUT2D eigenvalue weighted by Crippen LogP contribution is -2.57. The molecule has 1 saturated carbocycles. The molecule has 4 rings (SSSR count). The van der Waals surface area contributed by atoms with Crippen LogP contribution in [0.4, 0.5) is 14.0 Å². The van der Waals surface area contributed by atoms with Gasteiger partial charge in [0.1, 0.15) is 5.82 Å². The molecule has 0 radical (unpaired) electrons. The van der Waals surface area contributed by atoms with E-state index < -0.39 is 6.09 Å². The number of nitrogens with zero attached hydrogens (tertiary/aromatic N) is 3. The van der Waals surface area contributed by atoms with Crippen molar-refractivity contribution in [3.8, 4) is 0 Å². The fourth-order valence-electron chi connectivity index (χ4n) is 4.48. The topological polar surface area (TPSA) is 64.1 Å². The number of carboxylic acid groups (broad SMARTS) is 1. The van der Waals surface area contributed by atoms with Gasteiger partial charge in [0, 0.05) is 32.7 Å². The predicted octanol–water partition coefficient (Wildman–Crippen LogP) is 3.97. The first-order valence-corrected chi connectivity index (χ1v) is 10.2. The standard InChI is InChI=1S/C23H26FN3O3/c1-25(18-13-19(14-18)26(2)23(29)30)22(28)27-12-11-15-5-3-4-6-20(15)21(27)16-7-9-17(24)10-8-16/h3-10,18-19,21H,11-14H2,1-2H3,(H,29,30)/t18?,19?,21-/m0/s1. The fraction of sp³-hybridized carbons (Fsp3) is 0.391. The van der Waals surface area contributed by atoms with E-state index in [1.54, 1.807) is 31.1 Å². The maximum absolute atomic E-state index is 13.5. The van der Waals surface area contributed by atoms with Gasteiger partial charge in [0.25, 0.3) is 0 Å². The molecule has 1 N–H and O–H groups in total. The van der Waals surface area contributed by atoms with Gasteiger partial charge in [-0.2, -0.15) is 0 Å². The zero-order valence-corrected chi connectivity index (χ0v) is 17.2. The third kappa shape index (κ3) is 3.60. The van der Waals surface area contributed by atoms with E-state index >= 15 is 0 Å². The van der Waals surface area contributed by atoms with Crippen LogP contribution in [-0.4, -0.2) is 64.7 Å². The molecule has 6 nitrogen and oxygen atoms in total. The molecule has 0 bridgehead atoms. The number of hydrogen-bond donors (Lipinski definition) is 1. The molecule has 7 heteroatoms. The molecule has 0 aromatic heterocycles. The molecule has 2 aliphatic rings. The molecule has 0 unspecified atom stereocenters. The average Bonchev–Trinajstić information content (AvgIpc) is 2.71. The van der Waals surface area contributed by atoms with E-state index in [2.05, 4.69) is 6.07 Å². The van der Waals surface area contributed by atoms with Crippen LogP contribution >= 0.6 is 0 Å². The molecule has 158 valence electrons. The summed E-state index contributed by atoms with van der Waals surface area (Å²) in [6.07, 6.45) is 1.09. The van der Waals surface area contributed by atoms with E-state index in [0.29, 0.717) is 19.4 Å². The minimum absolute atomic E-state index is 0.00957. The Morgan fingerprint density at radius 2 is 1.63 bits per heavy atom. The van der Waals surface area contributed by atoms with Crippen LogP contribution in [0.5, 0.6) is 0 Å². The first-order valence-electron chi connectivity index (χ1n) is 10.2. The Kier molecular flexibility index (Phi) is 5.37. The summed E-state index contributed by atoms with van der Waals surface area (Å²) in [6.45, 7) is 0.577. The van der Waals surface area contributed by atoms with Gasteiger partial charge in [0.15, 0.2) is 0 Å². The largest absolute Gasteiger partial charge is 0.465 e. The molecule has 3 amide bonds. The van der Waals surface area contributed by atoms with Crippen molar-refractivity contribution in [3.05, 3.63) is 71.0 Å². The van der Waals surface area contributed by atoms with Crippen molar-refractivity contribution >= 4 is 12.1 Å². The molecule has 1 atom stereocenters. The Balaban J connectivity index is 1.57. The molecular formula is C23H26FN3O3. The zero-order chi connectivity index (χ0) is 21.4. The highest BCUT2D eigenvalue weighted by Gasteiger charge is 2.41. The normalized spacial score (nSPS) is 22.6. The summed E-state index contributed by atoms with van der Waals surface area (Å²) >= 11 is 0. The lowest BCUT2D eigenvalue weighted by Gasteiger charge is -2.47. The van der Waals surface area contributed by atoms with Crippen LogP contribution in [-0.2, 0) is 6.42 Å². The van der Waals surface area contributed by atoms with Crippen molar-refractivity contribution in [1.29, 1.82) is 0 Å². The van der Waals surface area contributed by atoms with E-state index in [1.165, 1.54) is 22.6 Å². The molecule has 2 aromatic rings. The highest BCUT2D eigenvalue weighted by molar-refractivity contribution is 5.76. The highest BCUT2D eigenvalue weighted by Crippen LogP contribution is 2.37. The molecule has 1 fully saturated rings. The number of carbonyl (C=O) groups is 2. The van der Waals surface area contributed by atoms with E-state index in [-0.39, 0.29) is 30.0 Å². The number of amides is 3. The Morgan fingerprint density at radius 3 is 2.30 bits per heavy atom. The summed E-state index contributed by atoms with van der Waals surface area (Å²) < 4.78 is 13.5. The van der Waals surface area contributed by atoms with Crippen LogP contribution in [0.2, 0.25) is 0 Å². The first-order chi connectivity index (χ1) is 14.4. The van der Waals surface area contributed by atoms with Crippen molar-refractivity contribution in [2.45, 2.75) is 37.4 Å². The third-order valence-electron chi connectivity index (χ3n) is 6.50. The minimum atomic E-state index is -0.948. The van der Waals surface area contributed by atoms with Crippen LogP contribution in [0.1, 0.15) is 35.6 Å². The van der Waals surface area contributed by atoms with Crippen LogP contribution in [0.3, 0.4) is 0 Å². The Morgan fingerprint density at radius 1 is 1.00 bits per heavy atom. The molecule has 1 aliphatic carbocycles. The fourth-order valence-corrected chi connectivity index (χ4v) is 4.48. The van der Waals surface area contributed by atoms with Crippen molar-refractivity contribution in [1.82, 2.24) is 14.7 Å². The summed E-state index contributed by atoms with van der Waals surface area (Å²) in [7, 11) is 3.35. The number of fused-ring (bicyclic) bond motifs is 1. The van der Waals surface area contributed by atoms with E-state index in [4.69, 9.17) is 5.11 Å². The molecule has 0 saturated heterocycles. The third-order valence-corrected chi connectivity index (χ3v) is 6.50. The summed E-state index contributed by atoms with van der Waals surface area (Å²) in [4.78, 5) is 29.5. The zero-order valence-electron chi connectivity index (χ0n) is 17.2. The molecule has 0 spiro atoms. The van der Waals surface area contributed by atoms with Gasteiger partial charge in [-0.1, -0.05) is 36.4 Å². The van der Waals surface area contributed by atoms with Crippen molar-refractivity contribution < 1.29 is 19.1 Å². The second-order valence-electron chi connectivity index (χ2n) is 8.16. The minimum Gasteiger partial charge on any atom is -0.465 e. The van der Waals surface area contributed by atoms with Gasteiger partial charge < -0.3 is 19.8 Å². The Bertz CT molecular complexity index is 943. The number of urea groups is 1. The molecule has 1 heterocycles. The van der Waals surface area contributed by atoms with Gasteiger partial charge >= 0.3 is 12.1 Å². The summed E-state index contributed by atoms with van der Waals surface area (Å²) in [6, 6.07) is 14.0. The number of halogens is 1. The molecular weight excluding hydrogens is 385 g/mol. The summed E-state index contributed by atoms with van der Waals surface area (Å²) in [5, 5.41) is 9.14. The lowest BCUT2D eigenvalue weighted by atomic mass is 9.84. The maximum Gasteiger partial charge on any atom is 0.407 e. The van der Waals surface area contributed by atoms with Gasteiger partial charge in [-0.25, -0.2) is 14.0 Å². The molecule has 2 aromatic carbocycles. The van der Waals surface area contributed by atoms with Gasteiger partial charge in [-0.05, 0) is 48.1 Å². The maximum atomic E-state index is 13.5. The quantitative estimate of drug-likeness (QED) is 0.831. The second kappa shape index (κ2) is 7.97. The van der Waals surface area contributed by atoms with E-state index in [9.17, 15) is 14.0 Å². The van der Waals surface area contributed by atoms with E-state index in [1.807, 2.05) is 23.1 Å². The number of carbonyl (C=O) groups excluding carboxylic acids is 1. The van der Waals surface area contributed by atoms with Gasteiger partial charge in [0.2, 0.25) is 0 Å². The van der Waals surface area contributed by atoms with Crippen molar-refractivity contribution in [3.63, 3.8) is 0 Å². The van der Waals surface area contributed by atoms with E-state index in [0.717, 1.165) is 17.5 Å². The molecule has 30 heavy (non-hydrogen) atoms. The van der Waals surface area contributed by atoms with Crippen LogP contribution in [0.25, 0.3) is 0 Å². The summed E-state index contributed by atoms with van der Waals surface area (Å²) in [5.41, 5.74) is 3.14. The monoisotopic (exact) mass is 411 g/mol. The van der Waals surface area contributed by atoms with Crippen LogP contribution in [0.15, 0.2) is 48.5 Å². The highest BCUT2D eigenvalue weighted by atomic mass is 19.1. The van der Waals surface area contributed by atoms with Gasteiger partial charge in [0.05, 0.1) is 6.04 Å².